The van der Waals surface area contributed by atoms with Crippen LogP contribution in [0.1, 0.15) is 48.9 Å². The Bertz CT molecular complexity index is 957. The quantitative estimate of drug-likeness (QED) is 0.557. The highest BCUT2D eigenvalue weighted by molar-refractivity contribution is 6.30. The van der Waals surface area contributed by atoms with Gasteiger partial charge in [-0.15, -0.1) is 10.2 Å². The summed E-state index contributed by atoms with van der Waals surface area (Å²) < 4.78 is 12.0. The number of nitrogen functional groups attached to an aromatic ring is 1. The maximum Gasteiger partial charge on any atom is 0.230 e. The topological polar surface area (TPSA) is 90.3 Å². The predicted octanol–water partition coefficient (Wildman–Crippen LogP) is 4.44. The van der Waals surface area contributed by atoms with Crippen LogP contribution in [0.2, 0.25) is 5.02 Å². The first-order valence-corrected chi connectivity index (χ1v) is 10.6. The largest absolute Gasteiger partial charge is 0.489 e. The van der Waals surface area contributed by atoms with Crippen molar-refractivity contribution < 1.29 is 9.15 Å². The van der Waals surface area contributed by atoms with Crippen LogP contribution in [0.25, 0.3) is 0 Å². The Kier molecular flexibility index (Phi) is 6.50. The van der Waals surface area contributed by atoms with Crippen molar-refractivity contribution in [2.45, 2.75) is 50.8 Å². The molecule has 2 aromatic heterocycles. The predicted molar refractivity (Wildman–Crippen MR) is 115 cm³/mol. The summed E-state index contributed by atoms with van der Waals surface area (Å²) in [4.78, 5) is 6.18. The number of nitrogens with zero attached hydrogens (tertiary/aromatic N) is 4. The van der Waals surface area contributed by atoms with Gasteiger partial charge in [-0.3, -0.25) is 9.88 Å². The minimum atomic E-state index is 0.210. The number of benzene rings is 1. The second kappa shape index (κ2) is 9.45. The first-order chi connectivity index (χ1) is 14.6. The molecular formula is C22H26ClN5O2. The van der Waals surface area contributed by atoms with Crippen molar-refractivity contribution in [2.24, 2.45) is 0 Å². The molecule has 4 rings (SSSR count). The Hall–Kier alpha value is -2.64. The zero-order chi connectivity index (χ0) is 20.9. The molecule has 0 aliphatic heterocycles. The zero-order valence-electron chi connectivity index (χ0n) is 17.0. The molecule has 8 heteroatoms. The summed E-state index contributed by atoms with van der Waals surface area (Å²) in [6.07, 6.45) is 7.59. The monoisotopic (exact) mass is 427 g/mol. The number of rotatable bonds is 7. The molecule has 1 saturated carbocycles. The number of aromatic nitrogens is 3. The van der Waals surface area contributed by atoms with E-state index >= 15 is 0 Å². The summed E-state index contributed by atoms with van der Waals surface area (Å²) in [5.74, 6) is 2.45. The summed E-state index contributed by atoms with van der Waals surface area (Å²) in [6.45, 7) is 1.21. The van der Waals surface area contributed by atoms with Crippen LogP contribution in [-0.4, -0.2) is 33.2 Å². The highest BCUT2D eigenvalue weighted by atomic mass is 35.5. The van der Waals surface area contributed by atoms with Gasteiger partial charge in [-0.2, -0.15) is 0 Å². The van der Waals surface area contributed by atoms with Crippen LogP contribution in [0.15, 0.2) is 47.1 Å². The second-order valence-corrected chi connectivity index (χ2v) is 8.27. The summed E-state index contributed by atoms with van der Waals surface area (Å²) in [5.41, 5.74) is 7.75. The van der Waals surface area contributed by atoms with Gasteiger partial charge in [0.1, 0.15) is 5.75 Å². The van der Waals surface area contributed by atoms with Gasteiger partial charge < -0.3 is 14.9 Å². The maximum absolute atomic E-state index is 6.08. The number of pyridine rings is 1. The summed E-state index contributed by atoms with van der Waals surface area (Å²) in [7, 11) is 1.99. The standard InChI is InChI=1S/C22H26ClN5O2/c1-28(13-16-11-17(23)6-9-20(16)24)14-21-26-27-22(30-21)15-4-7-18(8-5-15)29-19-3-2-10-25-12-19/h2-3,6,9-12,15,18H,4-5,7-8,13-14,24H2,1H3/t15-,18-. The van der Waals surface area contributed by atoms with E-state index in [2.05, 4.69) is 20.1 Å². The van der Waals surface area contributed by atoms with Crippen molar-refractivity contribution in [1.82, 2.24) is 20.1 Å². The number of hydrogen-bond acceptors (Lipinski definition) is 7. The van der Waals surface area contributed by atoms with Crippen molar-refractivity contribution in [2.75, 3.05) is 12.8 Å². The van der Waals surface area contributed by atoms with E-state index in [0.29, 0.717) is 24.0 Å². The highest BCUT2D eigenvalue weighted by Crippen LogP contribution is 2.34. The van der Waals surface area contributed by atoms with Gasteiger partial charge in [-0.1, -0.05) is 11.6 Å². The number of halogens is 1. The lowest BCUT2D eigenvalue weighted by Gasteiger charge is -2.27. The Morgan fingerprint density at radius 2 is 2.00 bits per heavy atom. The van der Waals surface area contributed by atoms with Crippen molar-refractivity contribution >= 4 is 17.3 Å². The van der Waals surface area contributed by atoms with E-state index in [1.807, 2.05) is 31.3 Å². The lowest BCUT2D eigenvalue weighted by molar-refractivity contribution is 0.140. The molecular weight excluding hydrogens is 402 g/mol. The van der Waals surface area contributed by atoms with E-state index in [4.69, 9.17) is 26.5 Å². The van der Waals surface area contributed by atoms with Gasteiger partial charge in [0.2, 0.25) is 11.8 Å². The molecule has 2 heterocycles. The van der Waals surface area contributed by atoms with Gasteiger partial charge in [-0.25, -0.2) is 0 Å². The van der Waals surface area contributed by atoms with Gasteiger partial charge >= 0.3 is 0 Å². The molecule has 0 unspecified atom stereocenters. The highest BCUT2D eigenvalue weighted by Gasteiger charge is 2.27. The van der Waals surface area contributed by atoms with Gasteiger partial charge in [0.05, 0.1) is 18.8 Å². The third-order valence-corrected chi connectivity index (χ3v) is 5.63. The number of anilines is 1. The van der Waals surface area contributed by atoms with E-state index in [9.17, 15) is 0 Å². The van der Waals surface area contributed by atoms with E-state index in [-0.39, 0.29) is 12.0 Å². The van der Waals surface area contributed by atoms with Crippen molar-refractivity contribution in [3.05, 3.63) is 65.1 Å². The molecule has 1 fully saturated rings. The molecule has 0 atom stereocenters. The normalized spacial score (nSPS) is 19.2. The average molecular weight is 428 g/mol. The number of ether oxygens (including phenoxy) is 1. The molecule has 158 valence electrons. The fourth-order valence-electron chi connectivity index (χ4n) is 3.82. The van der Waals surface area contributed by atoms with Crippen molar-refractivity contribution in [1.29, 1.82) is 0 Å². The first-order valence-electron chi connectivity index (χ1n) is 10.2. The molecule has 0 amide bonds. The Labute approximate surface area is 181 Å². The molecule has 1 aliphatic rings. The minimum absolute atomic E-state index is 0.210. The Morgan fingerprint density at radius 3 is 2.77 bits per heavy atom. The fraction of sp³-hybridized carbons (Fsp3) is 0.409. The average Bonchev–Trinajstić information content (AvgIpc) is 3.20. The first kappa shape index (κ1) is 20.6. The SMILES string of the molecule is CN(Cc1nnc([C@H]2CC[C@H](Oc3cccnc3)CC2)o1)Cc1cc(Cl)ccc1N. The van der Waals surface area contributed by atoms with E-state index in [1.165, 1.54) is 0 Å². The van der Waals surface area contributed by atoms with Gasteiger partial charge in [0, 0.05) is 29.4 Å². The minimum Gasteiger partial charge on any atom is -0.489 e. The lowest BCUT2D eigenvalue weighted by Crippen LogP contribution is -2.23. The molecule has 2 N–H and O–H groups in total. The van der Waals surface area contributed by atoms with Gasteiger partial charge in [0.25, 0.3) is 0 Å². The summed E-state index contributed by atoms with van der Waals surface area (Å²) in [6, 6.07) is 9.33. The van der Waals surface area contributed by atoms with Crippen LogP contribution in [0.3, 0.4) is 0 Å². The second-order valence-electron chi connectivity index (χ2n) is 7.83. The van der Waals surface area contributed by atoms with Crippen LogP contribution in [0.5, 0.6) is 5.75 Å². The van der Waals surface area contributed by atoms with Gasteiger partial charge in [0.15, 0.2) is 0 Å². The third kappa shape index (κ3) is 5.29. The van der Waals surface area contributed by atoms with Crippen LogP contribution < -0.4 is 10.5 Å². The van der Waals surface area contributed by atoms with E-state index in [0.717, 1.165) is 48.6 Å². The molecule has 0 bridgehead atoms. The number of hydrogen-bond donors (Lipinski definition) is 1. The Morgan fingerprint density at radius 1 is 1.17 bits per heavy atom. The molecule has 0 radical (unpaired) electrons. The maximum atomic E-state index is 6.08. The van der Waals surface area contributed by atoms with Crippen molar-refractivity contribution in [3.8, 4) is 5.75 Å². The smallest absolute Gasteiger partial charge is 0.230 e. The van der Waals surface area contributed by atoms with Crippen LogP contribution in [0, 0.1) is 0 Å². The Balaban J connectivity index is 1.28. The molecule has 0 saturated heterocycles. The van der Waals surface area contributed by atoms with Crippen LogP contribution in [0.4, 0.5) is 5.69 Å². The molecule has 3 aromatic rings. The molecule has 1 aliphatic carbocycles. The fourth-order valence-corrected chi connectivity index (χ4v) is 4.02. The van der Waals surface area contributed by atoms with Crippen LogP contribution >= 0.6 is 11.6 Å². The van der Waals surface area contributed by atoms with Crippen LogP contribution in [-0.2, 0) is 13.1 Å². The summed E-state index contributed by atoms with van der Waals surface area (Å²) >= 11 is 6.08. The van der Waals surface area contributed by atoms with E-state index in [1.54, 1.807) is 18.5 Å². The zero-order valence-corrected chi connectivity index (χ0v) is 17.8. The molecule has 7 nitrogen and oxygen atoms in total. The third-order valence-electron chi connectivity index (χ3n) is 5.39. The van der Waals surface area contributed by atoms with Gasteiger partial charge in [-0.05, 0) is 68.6 Å². The van der Waals surface area contributed by atoms with E-state index < -0.39 is 0 Å². The molecule has 30 heavy (non-hydrogen) atoms. The summed E-state index contributed by atoms with van der Waals surface area (Å²) in [5, 5.41) is 9.22. The van der Waals surface area contributed by atoms with Crippen molar-refractivity contribution in [3.63, 3.8) is 0 Å². The lowest BCUT2D eigenvalue weighted by atomic mass is 9.87. The molecule has 0 spiro atoms. The number of nitrogens with two attached hydrogens (primary N) is 1. The molecule has 1 aromatic carbocycles.